The summed E-state index contributed by atoms with van der Waals surface area (Å²) >= 11 is 0. The van der Waals surface area contributed by atoms with Gasteiger partial charge in [0.25, 0.3) is 0 Å². The minimum Gasteiger partial charge on any atom is -0.392 e. The minimum atomic E-state index is 0.105. The van der Waals surface area contributed by atoms with Crippen molar-refractivity contribution >= 4 is 0 Å². The smallest absolute Gasteiger partial charge is 0.0617 e. The van der Waals surface area contributed by atoms with Gasteiger partial charge in [0.1, 0.15) is 0 Å². The molecule has 0 bridgehead atoms. The lowest BCUT2D eigenvalue weighted by Crippen LogP contribution is -2.32. The summed E-state index contributed by atoms with van der Waals surface area (Å²) in [6.07, 6.45) is 16.8. The van der Waals surface area contributed by atoms with Crippen LogP contribution >= 0.6 is 0 Å². The van der Waals surface area contributed by atoms with Gasteiger partial charge in [0.15, 0.2) is 0 Å². The zero-order chi connectivity index (χ0) is 15.9. The van der Waals surface area contributed by atoms with E-state index in [1.807, 2.05) is 19.1 Å². The highest BCUT2D eigenvalue weighted by Gasteiger charge is 2.34. The van der Waals surface area contributed by atoms with Gasteiger partial charge in [0.05, 0.1) is 6.61 Å². The summed E-state index contributed by atoms with van der Waals surface area (Å²) in [6.45, 7) is 11.4. The van der Waals surface area contributed by atoms with Gasteiger partial charge in [-0.25, -0.2) is 0 Å². The van der Waals surface area contributed by atoms with Crippen LogP contribution in [0.5, 0.6) is 0 Å². The molecule has 0 spiro atoms. The van der Waals surface area contributed by atoms with E-state index in [2.05, 4.69) is 52.0 Å². The van der Waals surface area contributed by atoms with Crippen molar-refractivity contribution in [2.24, 2.45) is 17.3 Å². The third-order valence-electron chi connectivity index (χ3n) is 4.69. The summed E-state index contributed by atoms with van der Waals surface area (Å²) in [5.74, 6) is 1.46. The molecule has 2 unspecified atom stereocenters. The molecule has 0 aromatic rings. The number of aliphatic hydroxyl groups is 1. The van der Waals surface area contributed by atoms with Gasteiger partial charge in [0, 0.05) is 0 Å². The van der Waals surface area contributed by atoms with Crippen LogP contribution in [0.3, 0.4) is 0 Å². The second kappa shape index (κ2) is 8.38. The number of aliphatic hydroxyl groups excluding tert-OH is 1. The largest absolute Gasteiger partial charge is 0.392 e. The van der Waals surface area contributed by atoms with E-state index in [4.69, 9.17) is 5.11 Å². The Balaban J connectivity index is 2.68. The van der Waals surface area contributed by atoms with E-state index < -0.39 is 0 Å². The van der Waals surface area contributed by atoms with Crippen LogP contribution in [0.4, 0.5) is 0 Å². The quantitative estimate of drug-likeness (QED) is 0.667. The molecule has 0 heterocycles. The van der Waals surface area contributed by atoms with E-state index in [9.17, 15) is 0 Å². The normalized spacial score (nSPS) is 27.7. The molecule has 1 aliphatic rings. The zero-order valence-electron chi connectivity index (χ0n) is 14.4. The highest BCUT2D eigenvalue weighted by atomic mass is 16.2. The van der Waals surface area contributed by atoms with Gasteiger partial charge in [-0.15, -0.1) is 0 Å². The summed E-state index contributed by atoms with van der Waals surface area (Å²) in [5, 5.41) is 8.81. The van der Waals surface area contributed by atoms with Crippen molar-refractivity contribution in [1.29, 1.82) is 0 Å². The molecule has 0 aromatic heterocycles. The predicted molar refractivity (Wildman–Crippen MR) is 93.2 cm³/mol. The summed E-state index contributed by atoms with van der Waals surface area (Å²) in [7, 11) is 0. The second-order valence-corrected chi connectivity index (χ2v) is 7.14. The van der Waals surface area contributed by atoms with Crippen molar-refractivity contribution < 1.29 is 5.11 Å². The van der Waals surface area contributed by atoms with Crippen LogP contribution in [0.15, 0.2) is 47.6 Å². The van der Waals surface area contributed by atoms with Gasteiger partial charge in [-0.2, -0.15) is 0 Å². The lowest BCUT2D eigenvalue weighted by Gasteiger charge is -2.41. The SMILES string of the molecule is CC(C=CC1C(C)CCCC1(C)C)=CC=CC(C)=CCO. The molecule has 1 rings (SSSR count). The molecule has 0 saturated heterocycles. The number of hydrogen-bond acceptors (Lipinski definition) is 1. The van der Waals surface area contributed by atoms with E-state index in [1.54, 1.807) is 0 Å². The highest BCUT2D eigenvalue weighted by molar-refractivity contribution is 5.27. The summed E-state index contributed by atoms with van der Waals surface area (Å²) < 4.78 is 0. The van der Waals surface area contributed by atoms with E-state index in [1.165, 1.54) is 24.8 Å². The van der Waals surface area contributed by atoms with Crippen molar-refractivity contribution in [3.05, 3.63) is 47.6 Å². The Morgan fingerprint density at radius 1 is 1.19 bits per heavy atom. The Morgan fingerprint density at radius 2 is 1.90 bits per heavy atom. The maximum absolute atomic E-state index is 8.81. The van der Waals surface area contributed by atoms with E-state index >= 15 is 0 Å². The average molecular weight is 288 g/mol. The molecular weight excluding hydrogens is 256 g/mol. The molecule has 0 radical (unpaired) electrons. The molecule has 1 heteroatoms. The lowest BCUT2D eigenvalue weighted by atomic mass is 9.64. The molecule has 1 N–H and O–H groups in total. The number of allylic oxidation sites excluding steroid dienone is 7. The number of hydrogen-bond donors (Lipinski definition) is 1. The van der Waals surface area contributed by atoms with E-state index in [0.29, 0.717) is 11.3 Å². The van der Waals surface area contributed by atoms with Crippen LogP contribution in [0.2, 0.25) is 0 Å². The van der Waals surface area contributed by atoms with Crippen molar-refractivity contribution in [3.63, 3.8) is 0 Å². The van der Waals surface area contributed by atoms with Crippen molar-refractivity contribution in [2.45, 2.75) is 53.9 Å². The van der Waals surface area contributed by atoms with Crippen LogP contribution < -0.4 is 0 Å². The van der Waals surface area contributed by atoms with Crippen molar-refractivity contribution in [2.75, 3.05) is 6.61 Å². The lowest BCUT2D eigenvalue weighted by molar-refractivity contribution is 0.123. The minimum absolute atomic E-state index is 0.105. The van der Waals surface area contributed by atoms with Crippen molar-refractivity contribution in [1.82, 2.24) is 0 Å². The number of rotatable bonds is 5. The van der Waals surface area contributed by atoms with Gasteiger partial charge >= 0.3 is 0 Å². The zero-order valence-corrected chi connectivity index (χ0v) is 14.4. The fourth-order valence-corrected chi connectivity index (χ4v) is 3.32. The van der Waals surface area contributed by atoms with Gasteiger partial charge in [-0.1, -0.05) is 81.2 Å². The molecular formula is C20H32O. The molecule has 1 aliphatic carbocycles. The molecule has 1 nitrogen and oxygen atoms in total. The Kier molecular flexibility index (Phi) is 7.17. The predicted octanol–water partition coefficient (Wildman–Crippen LogP) is 5.45. The molecule has 0 aliphatic heterocycles. The Morgan fingerprint density at radius 3 is 2.52 bits per heavy atom. The third-order valence-corrected chi connectivity index (χ3v) is 4.69. The molecule has 1 saturated carbocycles. The topological polar surface area (TPSA) is 20.2 Å². The highest BCUT2D eigenvalue weighted by Crippen LogP contribution is 2.44. The molecule has 2 atom stereocenters. The van der Waals surface area contributed by atoms with Crippen LogP contribution in [0.1, 0.15) is 53.9 Å². The van der Waals surface area contributed by atoms with Gasteiger partial charge in [-0.3, -0.25) is 0 Å². The van der Waals surface area contributed by atoms with Crippen LogP contribution in [0.25, 0.3) is 0 Å². The fraction of sp³-hybridized carbons (Fsp3) is 0.600. The van der Waals surface area contributed by atoms with Crippen LogP contribution in [-0.4, -0.2) is 11.7 Å². The van der Waals surface area contributed by atoms with Crippen LogP contribution in [0, 0.1) is 17.3 Å². The van der Waals surface area contributed by atoms with E-state index in [0.717, 1.165) is 11.5 Å². The van der Waals surface area contributed by atoms with Crippen molar-refractivity contribution in [3.8, 4) is 0 Å². The molecule has 21 heavy (non-hydrogen) atoms. The van der Waals surface area contributed by atoms with Gasteiger partial charge in [-0.05, 0) is 37.5 Å². The first kappa shape index (κ1) is 18.0. The average Bonchev–Trinajstić information content (AvgIpc) is 2.37. The first-order chi connectivity index (χ1) is 9.86. The van der Waals surface area contributed by atoms with E-state index in [-0.39, 0.29) is 6.61 Å². The first-order valence-corrected chi connectivity index (χ1v) is 8.17. The van der Waals surface area contributed by atoms with Gasteiger partial charge in [0.2, 0.25) is 0 Å². The third kappa shape index (κ3) is 6.05. The maximum atomic E-state index is 8.81. The Hall–Kier alpha value is -1.08. The first-order valence-electron chi connectivity index (χ1n) is 8.17. The maximum Gasteiger partial charge on any atom is 0.0617 e. The molecule has 0 aromatic carbocycles. The summed E-state index contributed by atoms with van der Waals surface area (Å²) in [6, 6.07) is 0. The second-order valence-electron chi connectivity index (χ2n) is 7.14. The molecule has 118 valence electrons. The summed E-state index contributed by atoms with van der Waals surface area (Å²) in [4.78, 5) is 0. The summed E-state index contributed by atoms with van der Waals surface area (Å²) in [5.41, 5.74) is 2.79. The van der Waals surface area contributed by atoms with Crippen LogP contribution in [-0.2, 0) is 0 Å². The molecule has 0 amide bonds. The monoisotopic (exact) mass is 288 g/mol. The Bertz CT molecular complexity index is 435. The Labute approximate surface area is 131 Å². The molecule has 1 fully saturated rings. The standard InChI is InChI=1S/C20H32O/c1-16(8-6-9-17(2)13-15-21)11-12-19-18(3)10-7-14-20(19,4)5/h6,8-9,11-13,18-19,21H,7,10,14-15H2,1-5H3. The van der Waals surface area contributed by atoms with Gasteiger partial charge < -0.3 is 5.11 Å². The fourth-order valence-electron chi connectivity index (χ4n) is 3.32.